The summed E-state index contributed by atoms with van der Waals surface area (Å²) < 4.78 is 5.45. The Hall–Kier alpha value is -1.81. The quantitative estimate of drug-likeness (QED) is 0.860. The molecule has 1 fully saturated rings. The third-order valence-electron chi connectivity index (χ3n) is 3.89. The Labute approximate surface area is 112 Å². The van der Waals surface area contributed by atoms with E-state index in [4.69, 9.17) is 4.74 Å². The van der Waals surface area contributed by atoms with Crippen LogP contribution in [0.15, 0.2) is 30.5 Å². The number of aromatic amines is 1. The molecule has 1 aliphatic rings. The number of nitrogens with zero attached hydrogens (tertiary/aromatic N) is 1. The maximum atomic E-state index is 12.1. The number of H-pyrrole nitrogens is 1. The fourth-order valence-corrected chi connectivity index (χ4v) is 2.68. The SMILES string of the molecule is CN1CCC[C@H]1COC(=O)c1c[nH]c2ccccc12. The summed E-state index contributed by atoms with van der Waals surface area (Å²) in [6.07, 6.45) is 4.02. The maximum Gasteiger partial charge on any atom is 0.340 e. The summed E-state index contributed by atoms with van der Waals surface area (Å²) in [5, 5.41) is 0.923. The maximum absolute atomic E-state index is 12.1. The summed E-state index contributed by atoms with van der Waals surface area (Å²) in [7, 11) is 2.08. The zero-order valence-electron chi connectivity index (χ0n) is 11.1. The Balaban J connectivity index is 1.70. The highest BCUT2D eigenvalue weighted by Gasteiger charge is 2.23. The molecule has 0 spiro atoms. The monoisotopic (exact) mass is 258 g/mol. The highest BCUT2D eigenvalue weighted by atomic mass is 16.5. The number of carbonyl (C=O) groups excluding carboxylic acids is 1. The van der Waals surface area contributed by atoms with Gasteiger partial charge in [-0.1, -0.05) is 18.2 Å². The number of rotatable bonds is 3. The van der Waals surface area contributed by atoms with E-state index in [0.29, 0.717) is 18.2 Å². The molecule has 1 atom stereocenters. The van der Waals surface area contributed by atoms with Gasteiger partial charge >= 0.3 is 5.97 Å². The van der Waals surface area contributed by atoms with Gasteiger partial charge in [-0.2, -0.15) is 0 Å². The Morgan fingerprint density at radius 3 is 3.11 bits per heavy atom. The molecule has 19 heavy (non-hydrogen) atoms. The second-order valence-electron chi connectivity index (χ2n) is 5.12. The molecule has 100 valence electrons. The smallest absolute Gasteiger partial charge is 0.340 e. The normalized spacial score (nSPS) is 19.9. The summed E-state index contributed by atoms with van der Waals surface area (Å²) in [5.41, 5.74) is 1.59. The van der Waals surface area contributed by atoms with Gasteiger partial charge in [0.05, 0.1) is 5.56 Å². The lowest BCUT2D eigenvalue weighted by atomic mass is 10.2. The molecule has 0 saturated carbocycles. The van der Waals surface area contributed by atoms with Gasteiger partial charge in [-0.3, -0.25) is 0 Å². The molecule has 4 heteroatoms. The summed E-state index contributed by atoms with van der Waals surface area (Å²) in [5.74, 6) is -0.238. The number of benzene rings is 1. The fourth-order valence-electron chi connectivity index (χ4n) is 2.68. The number of aromatic nitrogens is 1. The van der Waals surface area contributed by atoms with E-state index in [-0.39, 0.29) is 5.97 Å². The van der Waals surface area contributed by atoms with E-state index in [1.54, 1.807) is 6.20 Å². The molecule has 0 unspecified atom stereocenters. The molecule has 4 nitrogen and oxygen atoms in total. The van der Waals surface area contributed by atoms with Gasteiger partial charge in [0.2, 0.25) is 0 Å². The zero-order valence-corrected chi connectivity index (χ0v) is 11.1. The van der Waals surface area contributed by atoms with Gasteiger partial charge in [-0.25, -0.2) is 4.79 Å². The number of fused-ring (bicyclic) bond motifs is 1. The molecule has 2 heterocycles. The molecule has 0 amide bonds. The molecule has 2 aromatic rings. The Morgan fingerprint density at radius 1 is 1.47 bits per heavy atom. The molecular weight excluding hydrogens is 240 g/mol. The lowest BCUT2D eigenvalue weighted by Crippen LogP contribution is -2.30. The van der Waals surface area contributed by atoms with Crippen molar-refractivity contribution in [1.82, 2.24) is 9.88 Å². The van der Waals surface area contributed by atoms with Crippen LogP contribution in [0, 0.1) is 0 Å². The van der Waals surface area contributed by atoms with Gasteiger partial charge in [-0.05, 0) is 32.5 Å². The Bertz CT molecular complexity index is 591. The highest BCUT2D eigenvalue weighted by molar-refractivity contribution is 6.03. The number of nitrogens with one attached hydrogen (secondary N) is 1. The number of carbonyl (C=O) groups is 1. The highest BCUT2D eigenvalue weighted by Crippen LogP contribution is 2.20. The van der Waals surface area contributed by atoms with E-state index >= 15 is 0 Å². The first kappa shape index (κ1) is 12.2. The second kappa shape index (κ2) is 5.05. The third kappa shape index (κ3) is 2.36. The van der Waals surface area contributed by atoms with Crippen LogP contribution in [0.4, 0.5) is 0 Å². The van der Waals surface area contributed by atoms with Gasteiger partial charge in [-0.15, -0.1) is 0 Å². The fraction of sp³-hybridized carbons (Fsp3) is 0.400. The number of esters is 1. The van der Waals surface area contributed by atoms with Crippen molar-refractivity contribution in [2.24, 2.45) is 0 Å². The number of hydrogen-bond acceptors (Lipinski definition) is 3. The van der Waals surface area contributed by atoms with Crippen LogP contribution < -0.4 is 0 Å². The average molecular weight is 258 g/mol. The lowest BCUT2D eigenvalue weighted by Gasteiger charge is -2.18. The van der Waals surface area contributed by atoms with Gasteiger partial charge in [0.1, 0.15) is 6.61 Å². The van der Waals surface area contributed by atoms with E-state index in [0.717, 1.165) is 23.9 Å². The predicted octanol–water partition coefficient (Wildman–Crippen LogP) is 2.42. The summed E-state index contributed by atoms with van der Waals surface area (Å²) >= 11 is 0. The first-order chi connectivity index (χ1) is 9.25. The summed E-state index contributed by atoms with van der Waals surface area (Å²) in [4.78, 5) is 17.5. The van der Waals surface area contributed by atoms with Crippen molar-refractivity contribution in [2.45, 2.75) is 18.9 Å². The van der Waals surface area contributed by atoms with Crippen molar-refractivity contribution in [3.8, 4) is 0 Å². The largest absolute Gasteiger partial charge is 0.460 e. The minimum Gasteiger partial charge on any atom is -0.460 e. The predicted molar refractivity (Wildman–Crippen MR) is 74.2 cm³/mol. The summed E-state index contributed by atoms with van der Waals surface area (Å²) in [6, 6.07) is 8.13. The molecule has 1 saturated heterocycles. The van der Waals surface area contributed by atoms with Crippen molar-refractivity contribution in [1.29, 1.82) is 0 Å². The number of likely N-dealkylation sites (N-methyl/N-ethyl adjacent to an activating group) is 1. The van der Waals surface area contributed by atoms with Crippen molar-refractivity contribution in [2.75, 3.05) is 20.2 Å². The van der Waals surface area contributed by atoms with Crippen LogP contribution in [-0.4, -0.2) is 42.1 Å². The van der Waals surface area contributed by atoms with Crippen molar-refractivity contribution in [3.63, 3.8) is 0 Å². The third-order valence-corrected chi connectivity index (χ3v) is 3.89. The van der Waals surface area contributed by atoms with Crippen molar-refractivity contribution in [3.05, 3.63) is 36.0 Å². The van der Waals surface area contributed by atoms with Crippen LogP contribution in [0.3, 0.4) is 0 Å². The van der Waals surface area contributed by atoms with Crippen LogP contribution in [0.2, 0.25) is 0 Å². The molecule has 0 aliphatic carbocycles. The van der Waals surface area contributed by atoms with E-state index in [9.17, 15) is 4.79 Å². The molecule has 1 aromatic heterocycles. The van der Waals surface area contributed by atoms with Crippen molar-refractivity contribution >= 4 is 16.9 Å². The molecule has 1 aromatic carbocycles. The molecule has 1 N–H and O–H groups in total. The van der Waals surface area contributed by atoms with Crippen LogP contribution in [0.1, 0.15) is 23.2 Å². The van der Waals surface area contributed by atoms with Crippen LogP contribution in [-0.2, 0) is 4.74 Å². The van der Waals surface area contributed by atoms with E-state index in [1.807, 2.05) is 24.3 Å². The molecule has 1 aliphatic heterocycles. The van der Waals surface area contributed by atoms with E-state index < -0.39 is 0 Å². The first-order valence-corrected chi connectivity index (χ1v) is 6.69. The molecule has 0 radical (unpaired) electrons. The summed E-state index contributed by atoms with van der Waals surface area (Å²) in [6.45, 7) is 1.57. The average Bonchev–Trinajstić information content (AvgIpc) is 3.02. The van der Waals surface area contributed by atoms with Gasteiger partial charge < -0.3 is 14.6 Å². The van der Waals surface area contributed by atoms with E-state index in [1.165, 1.54) is 6.42 Å². The standard InChI is InChI=1S/C15H18N2O2/c1-17-8-4-5-11(17)10-19-15(18)13-9-16-14-7-3-2-6-12(13)14/h2-3,6-7,9,11,16H,4-5,8,10H2,1H3/t11-/m0/s1. The number of para-hydroxylation sites is 1. The number of hydrogen-bond donors (Lipinski definition) is 1. The Kier molecular flexibility index (Phi) is 3.25. The number of likely N-dealkylation sites (tertiary alicyclic amines) is 1. The molecule has 3 rings (SSSR count). The topological polar surface area (TPSA) is 45.3 Å². The van der Waals surface area contributed by atoms with E-state index in [2.05, 4.69) is 16.9 Å². The number of ether oxygens (including phenoxy) is 1. The Morgan fingerprint density at radius 2 is 2.32 bits per heavy atom. The van der Waals surface area contributed by atoms with Gasteiger partial charge in [0.25, 0.3) is 0 Å². The van der Waals surface area contributed by atoms with Crippen LogP contribution in [0.5, 0.6) is 0 Å². The zero-order chi connectivity index (χ0) is 13.2. The minimum absolute atomic E-state index is 0.238. The lowest BCUT2D eigenvalue weighted by molar-refractivity contribution is 0.0418. The van der Waals surface area contributed by atoms with Crippen molar-refractivity contribution < 1.29 is 9.53 Å². The first-order valence-electron chi connectivity index (χ1n) is 6.69. The minimum atomic E-state index is -0.238. The molecule has 0 bridgehead atoms. The second-order valence-corrected chi connectivity index (χ2v) is 5.12. The van der Waals surface area contributed by atoms with Crippen LogP contribution >= 0.6 is 0 Å². The molecular formula is C15H18N2O2. The van der Waals surface area contributed by atoms with Crippen LogP contribution in [0.25, 0.3) is 10.9 Å². The van der Waals surface area contributed by atoms with Gasteiger partial charge in [0, 0.05) is 23.1 Å². The van der Waals surface area contributed by atoms with Gasteiger partial charge in [0.15, 0.2) is 0 Å².